The molecule has 0 fully saturated rings. The van der Waals surface area contributed by atoms with Crippen LogP contribution in [-0.2, 0) is 10.8 Å². The zero-order valence-corrected chi connectivity index (χ0v) is 60.0. The lowest BCUT2D eigenvalue weighted by Gasteiger charge is -2.53. The maximum atomic E-state index is 2.89. The second-order valence-corrected chi connectivity index (χ2v) is 30.4. The second kappa shape index (κ2) is 25.1. The summed E-state index contributed by atoms with van der Waals surface area (Å²) in [6, 6.07) is 134. The first kappa shape index (κ1) is 63.4. The quantitative estimate of drug-likeness (QED) is 0.113. The number of hydrogen-bond acceptors (Lipinski definition) is 5. The lowest BCUT2D eigenvalue weighted by atomic mass is 9.32. The Kier molecular flexibility index (Phi) is 15.2. The lowest BCUT2D eigenvalue weighted by molar-refractivity contribution is 0.590. The molecule has 0 N–H and O–H groups in total. The number of nitrogens with zero attached hydrogens (tertiary/aromatic N) is 5. The molecule has 0 saturated heterocycles. The molecular formula is C98H77B2N5. The monoisotopic (exact) mass is 1350 g/mol. The molecule has 0 spiro atoms. The van der Waals surface area contributed by atoms with Crippen molar-refractivity contribution in [1.82, 2.24) is 0 Å². The minimum absolute atomic E-state index is 0.178. The highest BCUT2D eigenvalue weighted by atomic mass is 15.2. The fourth-order valence-electron chi connectivity index (χ4n) is 17.2. The van der Waals surface area contributed by atoms with Crippen molar-refractivity contribution in [2.24, 2.45) is 0 Å². The predicted molar refractivity (Wildman–Crippen MR) is 448 cm³/mol. The molecule has 7 heteroatoms. The van der Waals surface area contributed by atoms with E-state index in [-0.39, 0.29) is 24.5 Å². The lowest BCUT2D eigenvalue weighted by Crippen LogP contribution is -2.74. The topological polar surface area (TPSA) is 16.2 Å². The van der Waals surface area contributed by atoms with Crippen molar-refractivity contribution in [1.29, 1.82) is 0 Å². The van der Waals surface area contributed by atoms with Gasteiger partial charge >= 0.3 is 13.7 Å². The van der Waals surface area contributed by atoms with E-state index in [2.05, 4.69) is 424 Å². The third-order valence-corrected chi connectivity index (χ3v) is 22.0. The second-order valence-electron chi connectivity index (χ2n) is 30.4. The van der Waals surface area contributed by atoms with Crippen molar-refractivity contribution in [2.45, 2.75) is 52.4 Å². The maximum Gasteiger partial charge on any atom is 0.316 e. The predicted octanol–water partition coefficient (Wildman–Crippen LogP) is 23.8. The summed E-state index contributed by atoms with van der Waals surface area (Å²) in [6.07, 6.45) is 0. The van der Waals surface area contributed by atoms with Gasteiger partial charge in [-0.2, -0.15) is 0 Å². The van der Waals surface area contributed by atoms with Gasteiger partial charge < -0.3 is 24.3 Å². The van der Waals surface area contributed by atoms with Crippen LogP contribution in [0.3, 0.4) is 0 Å². The molecule has 0 aliphatic carbocycles. The molecule has 15 aromatic rings. The van der Waals surface area contributed by atoms with E-state index in [1.54, 1.807) is 0 Å². The SMILES string of the molecule is CC(C)(C)c1cc(-c2ccccc2)c(N2c3ccccc3B3c4c(cc(N(c5ccccc5)c5ccccc5)cc42)-c2cccc4c2N3B2c3ccccc3N(c3c(-c5ccccc5)cc(C(C)(C)C)cc3-c3ccccc3)c3cc(N(c5ccccc5)c5ccccc5)cc-4c32)c(-c2ccccc2)c1. The molecule has 0 aromatic heterocycles. The van der Waals surface area contributed by atoms with Gasteiger partial charge in [-0.3, -0.25) is 0 Å². The van der Waals surface area contributed by atoms with E-state index in [0.29, 0.717) is 0 Å². The fourth-order valence-corrected chi connectivity index (χ4v) is 17.2. The number of benzene rings is 15. The molecular weight excluding hydrogens is 1270 g/mol. The first-order valence-corrected chi connectivity index (χ1v) is 36.9. The van der Waals surface area contributed by atoms with Crippen molar-refractivity contribution in [2.75, 3.05) is 24.3 Å². The minimum Gasteiger partial charge on any atom is -0.444 e. The highest BCUT2D eigenvalue weighted by Gasteiger charge is 2.55. The Bertz CT molecular complexity index is 5270. The molecule has 19 rings (SSSR count). The van der Waals surface area contributed by atoms with Gasteiger partial charge in [0, 0.05) is 95.9 Å². The molecule has 0 amide bonds. The van der Waals surface area contributed by atoms with Crippen molar-refractivity contribution in [3.63, 3.8) is 0 Å². The van der Waals surface area contributed by atoms with Crippen LogP contribution in [0.15, 0.2) is 358 Å². The van der Waals surface area contributed by atoms with Gasteiger partial charge in [-0.25, -0.2) is 0 Å². The van der Waals surface area contributed by atoms with Gasteiger partial charge in [0.2, 0.25) is 0 Å². The summed E-state index contributed by atoms with van der Waals surface area (Å²) in [5.74, 6) is 0. The Morgan fingerprint density at radius 1 is 0.229 bits per heavy atom. The van der Waals surface area contributed by atoms with Gasteiger partial charge in [0.15, 0.2) is 0 Å². The Morgan fingerprint density at radius 2 is 0.505 bits per heavy atom. The molecule has 4 aliphatic rings. The third kappa shape index (κ3) is 10.5. The summed E-state index contributed by atoms with van der Waals surface area (Å²) in [5.41, 5.74) is 35.7. The Labute approximate surface area is 618 Å². The number of para-hydroxylation sites is 7. The molecule has 500 valence electrons. The molecule has 0 unspecified atom stereocenters. The van der Waals surface area contributed by atoms with Crippen LogP contribution in [-0.4, -0.2) is 13.7 Å². The van der Waals surface area contributed by atoms with E-state index < -0.39 is 0 Å². The number of hydrogen-bond donors (Lipinski definition) is 0. The first-order chi connectivity index (χ1) is 51.4. The highest BCUT2D eigenvalue weighted by molar-refractivity contribution is 7.09. The van der Waals surface area contributed by atoms with E-state index >= 15 is 0 Å². The Balaban J connectivity index is 0.968. The van der Waals surface area contributed by atoms with Crippen LogP contribution >= 0.6 is 0 Å². The smallest absolute Gasteiger partial charge is 0.316 e. The summed E-state index contributed by atoms with van der Waals surface area (Å²) in [4.78, 5) is 10.3. The number of rotatable bonds is 12. The summed E-state index contributed by atoms with van der Waals surface area (Å²) < 4.78 is 2.89. The van der Waals surface area contributed by atoms with Crippen LogP contribution in [0.2, 0.25) is 0 Å². The minimum atomic E-state index is -0.303. The molecule has 4 aliphatic heterocycles. The van der Waals surface area contributed by atoms with Crippen LogP contribution in [0.1, 0.15) is 52.7 Å². The average Bonchev–Trinajstić information content (AvgIpc) is 0.673. The zero-order chi connectivity index (χ0) is 70.7. The van der Waals surface area contributed by atoms with Crippen LogP contribution < -0.4 is 46.2 Å². The fraction of sp³-hybridized carbons (Fsp3) is 0.0816. The molecule has 105 heavy (non-hydrogen) atoms. The van der Waals surface area contributed by atoms with Crippen LogP contribution in [0.5, 0.6) is 0 Å². The van der Waals surface area contributed by atoms with Crippen molar-refractivity contribution in [3.05, 3.63) is 369 Å². The normalized spacial score (nSPS) is 13.0. The van der Waals surface area contributed by atoms with Gasteiger partial charge in [-0.05, 0) is 186 Å². The van der Waals surface area contributed by atoms with Crippen molar-refractivity contribution >= 4 is 109 Å². The standard InChI is InChI=1S/C98H77B2N5/c1-97(2,3)70-58-80(66-36-15-7-16-37-66)94(81(59-70)67-38-17-8-18-39-67)103-88-56-33-31-54-86(88)99-92-84(62-76(64-90(92)103)101(72-44-23-11-24-45-72)73-46-25-12-26-47-73)78-52-35-53-79-85-63-77(102(74-48-27-13-28-49-74)75-50-29-14-30-51-75)65-91-93(85)100(105(99)96(78)79)87-55-32-34-57-89(87)104(91)95-82(68-40-19-9-20-41-68)60-71(98(4,5)6)61-83(95)69-42-21-10-22-43-69/h7-65H,1-6H3. The summed E-state index contributed by atoms with van der Waals surface area (Å²) in [6.45, 7) is 13.5. The highest BCUT2D eigenvalue weighted by Crippen LogP contribution is 2.58. The van der Waals surface area contributed by atoms with Gasteiger partial charge in [0.25, 0.3) is 0 Å². The first-order valence-electron chi connectivity index (χ1n) is 36.9. The van der Waals surface area contributed by atoms with Gasteiger partial charge in [-0.15, -0.1) is 0 Å². The summed E-state index contributed by atoms with van der Waals surface area (Å²) >= 11 is 0. The Hall–Kier alpha value is -12.6. The molecule has 0 saturated carbocycles. The summed E-state index contributed by atoms with van der Waals surface area (Å²) in [5, 5.41) is 0. The van der Waals surface area contributed by atoms with Crippen molar-refractivity contribution in [3.8, 4) is 66.8 Å². The van der Waals surface area contributed by atoms with E-state index in [1.165, 1.54) is 83.2 Å². The number of fused-ring (bicyclic) bond motifs is 8. The average molecular weight is 1350 g/mol. The van der Waals surface area contributed by atoms with E-state index in [9.17, 15) is 0 Å². The van der Waals surface area contributed by atoms with Gasteiger partial charge in [0.05, 0.1) is 11.4 Å². The molecule has 4 heterocycles. The van der Waals surface area contributed by atoms with Crippen LogP contribution in [0.4, 0.5) is 73.9 Å². The van der Waals surface area contributed by atoms with Crippen LogP contribution in [0, 0.1) is 0 Å². The van der Waals surface area contributed by atoms with Gasteiger partial charge in [-0.1, -0.05) is 290 Å². The molecule has 5 nitrogen and oxygen atoms in total. The van der Waals surface area contributed by atoms with E-state index in [4.69, 9.17) is 0 Å². The molecule has 0 atom stereocenters. The molecule has 0 radical (unpaired) electrons. The largest absolute Gasteiger partial charge is 0.444 e. The van der Waals surface area contributed by atoms with E-state index in [0.717, 1.165) is 90.5 Å². The zero-order valence-electron chi connectivity index (χ0n) is 60.0. The molecule has 0 bridgehead atoms. The Morgan fingerprint density at radius 3 is 0.800 bits per heavy atom. The van der Waals surface area contributed by atoms with Gasteiger partial charge in [0.1, 0.15) is 0 Å². The third-order valence-electron chi connectivity index (χ3n) is 22.0. The van der Waals surface area contributed by atoms with E-state index in [1.807, 2.05) is 0 Å². The number of anilines is 13. The maximum absolute atomic E-state index is 2.89. The molecule has 15 aromatic carbocycles. The van der Waals surface area contributed by atoms with Crippen molar-refractivity contribution < 1.29 is 0 Å². The van der Waals surface area contributed by atoms with Crippen LogP contribution in [0.25, 0.3) is 66.8 Å². The summed E-state index contributed by atoms with van der Waals surface area (Å²) in [7, 11) is 0.